The van der Waals surface area contributed by atoms with Gasteiger partial charge >= 0.3 is 0 Å². The first kappa shape index (κ1) is 18.2. The number of carbonyl (C=O) groups is 1. The number of nitro benzene ring substituents is 1. The maximum atomic E-state index is 12.9. The van der Waals surface area contributed by atoms with Crippen molar-refractivity contribution in [3.05, 3.63) is 80.5 Å². The third kappa shape index (κ3) is 3.38. The number of nitrogens with one attached hydrogen (secondary N) is 1. The molecule has 1 aliphatic heterocycles. The van der Waals surface area contributed by atoms with Crippen LogP contribution < -0.4 is 5.32 Å². The number of rotatable bonds is 4. The Morgan fingerprint density at radius 2 is 1.82 bits per heavy atom. The van der Waals surface area contributed by atoms with Gasteiger partial charge in [-0.15, -0.1) is 0 Å². The lowest BCUT2D eigenvalue weighted by Gasteiger charge is -2.12. The number of anilines is 1. The Labute approximate surface area is 165 Å². The number of fused-ring (bicyclic) bond motifs is 1. The normalized spacial score (nSPS) is 12.6. The largest absolute Gasteiger partial charge is 0.306 e. The molecule has 0 radical (unpaired) electrons. The van der Waals surface area contributed by atoms with Gasteiger partial charge < -0.3 is 5.32 Å². The summed E-state index contributed by atoms with van der Waals surface area (Å²) in [5.74, 6) is 1.97. The van der Waals surface area contributed by atoms with E-state index in [-0.39, 0.29) is 11.6 Å². The van der Waals surface area contributed by atoms with Crippen LogP contribution in [0.2, 0.25) is 0 Å². The van der Waals surface area contributed by atoms with E-state index in [0.717, 1.165) is 33.9 Å². The standard InChI is InChI=1S/C20H18N4O3S/c1-12-7-13(2)9-14(8-12)20(25)21-19-17-10-28-11-18(17)22-23(19)15-3-5-16(6-4-15)24(26)27/h3-9H,10-11H2,1-2H3,(H,21,25). The number of non-ortho nitro benzene ring substituents is 1. The van der Waals surface area contributed by atoms with Gasteiger partial charge in [0.1, 0.15) is 5.82 Å². The summed E-state index contributed by atoms with van der Waals surface area (Å²) in [4.78, 5) is 23.4. The molecule has 1 aromatic heterocycles. The van der Waals surface area contributed by atoms with Crippen molar-refractivity contribution in [1.29, 1.82) is 0 Å². The number of carbonyl (C=O) groups excluding carboxylic acids is 1. The fraction of sp³-hybridized carbons (Fsp3) is 0.200. The zero-order valence-electron chi connectivity index (χ0n) is 15.4. The van der Waals surface area contributed by atoms with Crippen molar-refractivity contribution in [3.8, 4) is 5.69 Å². The molecular weight excluding hydrogens is 376 g/mol. The number of amides is 1. The topological polar surface area (TPSA) is 90.1 Å². The molecule has 0 fully saturated rings. The van der Waals surface area contributed by atoms with Crippen LogP contribution in [0, 0.1) is 24.0 Å². The molecule has 8 heteroatoms. The minimum Gasteiger partial charge on any atom is -0.306 e. The molecule has 3 aromatic rings. The lowest BCUT2D eigenvalue weighted by atomic mass is 10.1. The molecular formula is C20H18N4O3S. The van der Waals surface area contributed by atoms with Gasteiger partial charge in [0.05, 0.1) is 16.3 Å². The molecule has 0 saturated carbocycles. The SMILES string of the molecule is Cc1cc(C)cc(C(=O)Nc2c3c(nn2-c2ccc([N+](=O)[O-])cc2)CSC3)c1. The Morgan fingerprint density at radius 3 is 2.46 bits per heavy atom. The molecule has 0 spiro atoms. The molecule has 0 atom stereocenters. The van der Waals surface area contributed by atoms with E-state index in [1.165, 1.54) is 12.1 Å². The predicted molar refractivity (Wildman–Crippen MR) is 109 cm³/mol. The van der Waals surface area contributed by atoms with Gasteiger partial charge in [0.2, 0.25) is 0 Å². The van der Waals surface area contributed by atoms with Crippen LogP contribution in [0.3, 0.4) is 0 Å². The second-order valence-electron chi connectivity index (χ2n) is 6.78. The lowest BCUT2D eigenvalue weighted by molar-refractivity contribution is -0.384. The van der Waals surface area contributed by atoms with Crippen molar-refractivity contribution in [2.24, 2.45) is 0 Å². The number of aryl methyl sites for hydroxylation is 2. The van der Waals surface area contributed by atoms with E-state index in [1.54, 1.807) is 28.6 Å². The highest BCUT2D eigenvalue weighted by Gasteiger charge is 2.25. The van der Waals surface area contributed by atoms with Crippen LogP contribution >= 0.6 is 11.8 Å². The van der Waals surface area contributed by atoms with Gasteiger partial charge in [-0.05, 0) is 38.1 Å². The summed E-state index contributed by atoms with van der Waals surface area (Å²) < 4.78 is 1.66. The third-order valence-corrected chi connectivity index (χ3v) is 5.54. The maximum Gasteiger partial charge on any atom is 0.269 e. The second-order valence-corrected chi connectivity index (χ2v) is 7.77. The molecule has 1 aliphatic rings. The summed E-state index contributed by atoms with van der Waals surface area (Å²) in [5, 5.41) is 18.6. The zero-order chi connectivity index (χ0) is 19.8. The van der Waals surface area contributed by atoms with Crippen molar-refractivity contribution >= 4 is 29.2 Å². The van der Waals surface area contributed by atoms with E-state index >= 15 is 0 Å². The average molecular weight is 394 g/mol. The maximum absolute atomic E-state index is 12.9. The van der Waals surface area contributed by atoms with Crippen LogP contribution in [0.1, 0.15) is 32.7 Å². The van der Waals surface area contributed by atoms with Crippen LogP contribution in [0.25, 0.3) is 5.69 Å². The fourth-order valence-corrected chi connectivity index (χ4v) is 4.36. The number of nitrogens with zero attached hydrogens (tertiary/aromatic N) is 3. The number of hydrogen-bond acceptors (Lipinski definition) is 5. The first-order valence-corrected chi connectivity index (χ1v) is 9.91. The van der Waals surface area contributed by atoms with Crippen LogP contribution in [-0.4, -0.2) is 20.6 Å². The van der Waals surface area contributed by atoms with Gasteiger partial charge in [-0.25, -0.2) is 4.68 Å². The van der Waals surface area contributed by atoms with E-state index in [1.807, 2.05) is 32.0 Å². The minimum atomic E-state index is -0.438. The van der Waals surface area contributed by atoms with Gasteiger partial charge in [-0.3, -0.25) is 14.9 Å². The Morgan fingerprint density at radius 1 is 1.14 bits per heavy atom. The monoisotopic (exact) mass is 394 g/mol. The van der Waals surface area contributed by atoms with Crippen LogP contribution in [-0.2, 0) is 11.5 Å². The fourth-order valence-electron chi connectivity index (χ4n) is 3.33. The number of nitro groups is 1. The van der Waals surface area contributed by atoms with Gasteiger partial charge in [-0.1, -0.05) is 17.2 Å². The van der Waals surface area contributed by atoms with Gasteiger partial charge in [-0.2, -0.15) is 16.9 Å². The van der Waals surface area contributed by atoms with E-state index in [0.29, 0.717) is 17.1 Å². The average Bonchev–Trinajstić information content (AvgIpc) is 3.23. The number of thioether (sulfide) groups is 1. The molecule has 1 N–H and O–H groups in total. The Bertz CT molecular complexity index is 1070. The van der Waals surface area contributed by atoms with Crippen molar-refractivity contribution in [1.82, 2.24) is 9.78 Å². The second kappa shape index (κ2) is 7.12. The molecule has 0 aliphatic carbocycles. The van der Waals surface area contributed by atoms with Gasteiger partial charge in [0, 0.05) is 34.8 Å². The van der Waals surface area contributed by atoms with Crippen LogP contribution in [0.5, 0.6) is 0 Å². The Balaban J connectivity index is 1.72. The van der Waals surface area contributed by atoms with E-state index < -0.39 is 4.92 Å². The predicted octanol–water partition coefficient (Wildman–Crippen LogP) is 4.40. The molecule has 2 aromatic carbocycles. The molecule has 0 saturated heterocycles. The molecule has 1 amide bonds. The number of hydrogen-bond donors (Lipinski definition) is 1. The summed E-state index contributed by atoms with van der Waals surface area (Å²) in [6.45, 7) is 3.92. The van der Waals surface area contributed by atoms with Gasteiger partial charge in [0.15, 0.2) is 0 Å². The van der Waals surface area contributed by atoms with Crippen molar-refractivity contribution in [2.45, 2.75) is 25.4 Å². The third-order valence-electron chi connectivity index (χ3n) is 4.57. The van der Waals surface area contributed by atoms with E-state index in [9.17, 15) is 14.9 Å². The zero-order valence-corrected chi connectivity index (χ0v) is 16.2. The Kier molecular flexibility index (Phi) is 4.64. The summed E-state index contributed by atoms with van der Waals surface area (Å²) in [6, 6.07) is 11.9. The van der Waals surface area contributed by atoms with Crippen molar-refractivity contribution in [2.75, 3.05) is 5.32 Å². The molecule has 0 bridgehead atoms. The molecule has 7 nitrogen and oxygen atoms in total. The number of aromatic nitrogens is 2. The van der Waals surface area contributed by atoms with Gasteiger partial charge in [0.25, 0.3) is 11.6 Å². The summed E-state index contributed by atoms with van der Waals surface area (Å²) in [5.41, 5.74) is 5.25. The molecule has 0 unspecified atom stereocenters. The quantitative estimate of drug-likeness (QED) is 0.523. The van der Waals surface area contributed by atoms with Crippen LogP contribution in [0.15, 0.2) is 42.5 Å². The lowest BCUT2D eigenvalue weighted by Crippen LogP contribution is -2.16. The molecule has 2 heterocycles. The molecule has 4 rings (SSSR count). The van der Waals surface area contributed by atoms with Crippen molar-refractivity contribution < 1.29 is 9.72 Å². The highest BCUT2D eigenvalue weighted by Crippen LogP contribution is 2.36. The van der Waals surface area contributed by atoms with E-state index in [4.69, 9.17) is 0 Å². The smallest absolute Gasteiger partial charge is 0.269 e. The Hall–Kier alpha value is -3.13. The van der Waals surface area contributed by atoms with E-state index in [2.05, 4.69) is 10.4 Å². The first-order chi connectivity index (χ1) is 13.4. The molecule has 142 valence electrons. The summed E-state index contributed by atoms with van der Waals surface area (Å²) >= 11 is 1.75. The van der Waals surface area contributed by atoms with Crippen LogP contribution in [0.4, 0.5) is 11.5 Å². The van der Waals surface area contributed by atoms with Crippen molar-refractivity contribution in [3.63, 3.8) is 0 Å². The minimum absolute atomic E-state index is 0.0137. The highest BCUT2D eigenvalue weighted by atomic mass is 32.2. The summed E-state index contributed by atoms with van der Waals surface area (Å²) in [6.07, 6.45) is 0. The first-order valence-electron chi connectivity index (χ1n) is 8.75. The summed E-state index contributed by atoms with van der Waals surface area (Å²) in [7, 11) is 0. The molecule has 28 heavy (non-hydrogen) atoms. The highest BCUT2D eigenvalue weighted by molar-refractivity contribution is 7.98. The number of benzene rings is 2.